The van der Waals surface area contributed by atoms with E-state index in [-0.39, 0.29) is 27.3 Å². The van der Waals surface area contributed by atoms with E-state index in [0.717, 1.165) is 21.4 Å². The molecule has 0 amide bonds. The first kappa shape index (κ1) is 32.0. The zero-order valence-electron chi connectivity index (χ0n) is 24.3. The molecule has 3 heteroatoms. The van der Waals surface area contributed by atoms with Crippen LogP contribution in [0.1, 0.15) is 73.1 Å². The van der Waals surface area contributed by atoms with Gasteiger partial charge in [-0.05, 0) is 47.6 Å². The first-order valence-corrected chi connectivity index (χ1v) is 16.3. The van der Waals surface area contributed by atoms with Gasteiger partial charge in [-0.1, -0.05) is 127 Å². The van der Waals surface area contributed by atoms with Crippen LogP contribution in [0.2, 0.25) is 13.1 Å². The standard InChI is InChI=1S/C12H10.C11H18N.C9H13.C2H7Si.Ti/c1-3-7-11(8-4-1)12-9-5-2-6-10-12;1-10-3-8-2-9(4-10)6-11(12,5-8)7-10;1-6-5-7(2)9(4)8(6)3;1-3-2;/h1-10H;8-9,12H,2-7H2,1H3;6H,1-4H3;3H,1-2H3;/q;2*-1;;+2. The van der Waals surface area contributed by atoms with Gasteiger partial charge in [0.25, 0.3) is 0 Å². The normalized spacial score (nSPS) is 30.5. The maximum atomic E-state index is 8.34. The maximum absolute atomic E-state index is 8.34. The van der Waals surface area contributed by atoms with Gasteiger partial charge in [0.15, 0.2) is 0 Å². The van der Waals surface area contributed by atoms with Crippen molar-refractivity contribution in [1.29, 1.82) is 0 Å². The second-order valence-corrected chi connectivity index (χ2v) is 13.3. The van der Waals surface area contributed by atoms with Crippen molar-refractivity contribution in [2.75, 3.05) is 0 Å². The van der Waals surface area contributed by atoms with E-state index in [4.69, 9.17) is 5.73 Å². The van der Waals surface area contributed by atoms with Gasteiger partial charge >= 0.3 is 21.7 Å². The number of hydrogen-bond acceptors (Lipinski definition) is 0. The smallest absolute Gasteiger partial charge is 0.672 e. The zero-order chi connectivity index (χ0) is 26.3. The Kier molecular flexibility index (Phi) is 12.4. The van der Waals surface area contributed by atoms with Crippen LogP contribution >= 0.6 is 0 Å². The Labute approximate surface area is 245 Å². The van der Waals surface area contributed by atoms with E-state index in [1.807, 2.05) is 12.1 Å². The zero-order valence-corrected chi connectivity index (χ0v) is 27.0. The molecule has 4 bridgehead atoms. The molecule has 4 fully saturated rings. The van der Waals surface area contributed by atoms with Gasteiger partial charge in [0.2, 0.25) is 0 Å². The van der Waals surface area contributed by atoms with Crippen LogP contribution in [0.3, 0.4) is 0 Å². The van der Waals surface area contributed by atoms with Crippen LogP contribution in [0.15, 0.2) is 77.4 Å². The Morgan fingerprint density at radius 3 is 1.51 bits per heavy atom. The molecule has 1 nitrogen and oxygen atoms in total. The van der Waals surface area contributed by atoms with Gasteiger partial charge in [0.1, 0.15) is 0 Å². The first-order chi connectivity index (χ1) is 17.1. The molecule has 5 aliphatic rings. The van der Waals surface area contributed by atoms with Gasteiger partial charge in [-0.2, -0.15) is 11.1 Å². The van der Waals surface area contributed by atoms with Crippen LogP contribution in [0, 0.1) is 29.2 Å². The molecular formula is C34H48NSiTi. The van der Waals surface area contributed by atoms with E-state index < -0.39 is 0 Å². The summed E-state index contributed by atoms with van der Waals surface area (Å²) >= 11 is 0. The molecule has 2 aromatic carbocycles. The summed E-state index contributed by atoms with van der Waals surface area (Å²) in [4.78, 5) is 0. The largest absolute Gasteiger partial charge is 2.00 e. The minimum atomic E-state index is 0. The summed E-state index contributed by atoms with van der Waals surface area (Å²) in [6, 6.07) is 20.8. The summed E-state index contributed by atoms with van der Waals surface area (Å²) in [6.07, 6.45) is 11.3. The summed E-state index contributed by atoms with van der Waals surface area (Å²) in [6.45, 7) is 15.5. The second-order valence-electron chi connectivity index (χ2n) is 12.2. The average molecular weight is 547 g/mol. The van der Waals surface area contributed by atoms with Crippen LogP contribution in [-0.4, -0.2) is 15.1 Å². The van der Waals surface area contributed by atoms with Crippen molar-refractivity contribution in [2.24, 2.45) is 23.2 Å². The number of allylic oxidation sites excluding steroid dienone is 4. The molecule has 197 valence electrons. The third-order valence-electron chi connectivity index (χ3n) is 8.47. The third-order valence-corrected chi connectivity index (χ3v) is 8.47. The Balaban J connectivity index is 0.000000185. The number of nitrogens with one attached hydrogen (secondary N) is 1. The molecule has 0 aromatic heterocycles. The van der Waals surface area contributed by atoms with E-state index in [2.05, 4.69) is 102 Å². The van der Waals surface area contributed by atoms with E-state index in [1.165, 1.54) is 66.4 Å². The fraction of sp³-hybridized carbons (Fsp3) is 0.529. The molecule has 2 aromatic rings. The minimum Gasteiger partial charge on any atom is -0.672 e. The monoisotopic (exact) mass is 546 g/mol. The van der Waals surface area contributed by atoms with Crippen molar-refractivity contribution in [3.05, 3.63) is 89.2 Å². The summed E-state index contributed by atoms with van der Waals surface area (Å²) in [7, 11) is 0.750. The van der Waals surface area contributed by atoms with Crippen LogP contribution in [0.5, 0.6) is 0 Å². The fourth-order valence-corrected chi connectivity index (χ4v) is 7.14. The van der Waals surface area contributed by atoms with Crippen molar-refractivity contribution >= 4 is 9.52 Å². The van der Waals surface area contributed by atoms with Crippen molar-refractivity contribution < 1.29 is 21.7 Å². The van der Waals surface area contributed by atoms with Crippen molar-refractivity contribution in [1.82, 2.24) is 0 Å². The van der Waals surface area contributed by atoms with E-state index in [9.17, 15) is 0 Å². The van der Waals surface area contributed by atoms with Crippen LogP contribution < -0.4 is 0 Å². The van der Waals surface area contributed by atoms with Crippen LogP contribution in [-0.2, 0) is 21.7 Å². The summed E-state index contributed by atoms with van der Waals surface area (Å²) in [5.41, 5.74) is 15.7. The van der Waals surface area contributed by atoms with Crippen LogP contribution in [0.4, 0.5) is 0 Å². The molecule has 4 saturated carbocycles. The van der Waals surface area contributed by atoms with Crippen molar-refractivity contribution in [2.45, 2.75) is 91.8 Å². The molecular weight excluding hydrogens is 498 g/mol. The molecule has 37 heavy (non-hydrogen) atoms. The molecule has 0 heterocycles. The van der Waals surface area contributed by atoms with Gasteiger partial charge in [-0.25, -0.2) is 5.57 Å². The topological polar surface area (TPSA) is 23.8 Å². The fourth-order valence-electron chi connectivity index (χ4n) is 7.14. The van der Waals surface area contributed by atoms with E-state index in [1.54, 1.807) is 0 Å². The Hall–Kier alpha value is -1.19. The van der Waals surface area contributed by atoms with Gasteiger partial charge in [0.05, 0.1) is 0 Å². The van der Waals surface area contributed by atoms with E-state index >= 15 is 0 Å². The van der Waals surface area contributed by atoms with Gasteiger partial charge in [0, 0.05) is 9.52 Å². The first-order valence-electron chi connectivity index (χ1n) is 14.0. The van der Waals surface area contributed by atoms with Gasteiger partial charge in [-0.15, -0.1) is 12.5 Å². The Morgan fingerprint density at radius 2 is 1.24 bits per heavy atom. The molecule has 3 atom stereocenters. The van der Waals surface area contributed by atoms with Crippen molar-refractivity contribution in [3.63, 3.8) is 0 Å². The second kappa shape index (κ2) is 14.3. The van der Waals surface area contributed by atoms with Crippen LogP contribution in [0.25, 0.3) is 16.9 Å². The molecule has 7 rings (SSSR count). The summed E-state index contributed by atoms with van der Waals surface area (Å²) in [5.74, 6) is 2.41. The Morgan fingerprint density at radius 1 is 0.811 bits per heavy atom. The molecule has 1 N–H and O–H groups in total. The molecule has 0 saturated heterocycles. The molecule has 3 unspecified atom stereocenters. The number of benzene rings is 2. The average Bonchev–Trinajstić information content (AvgIpc) is 3.04. The SMILES string of the molecule is CC12CC3CC(C1)CC([NH-])(C3)C2.CC1=[C-]C(C)C(C)=C1C.C[SiH]C.[Ti+2].c1ccc(-c2ccccc2)cc1. The quantitative estimate of drug-likeness (QED) is 0.251. The summed E-state index contributed by atoms with van der Waals surface area (Å²) < 4.78 is 0. The van der Waals surface area contributed by atoms with Gasteiger partial charge in [-0.3, -0.25) is 6.08 Å². The Bertz CT molecular complexity index is 955. The predicted octanol–water partition coefficient (Wildman–Crippen LogP) is 9.99. The third kappa shape index (κ3) is 8.92. The molecule has 0 aliphatic heterocycles. The van der Waals surface area contributed by atoms with Crippen molar-refractivity contribution in [3.8, 4) is 11.1 Å². The van der Waals surface area contributed by atoms with E-state index in [0.29, 0.717) is 11.3 Å². The molecule has 0 spiro atoms. The summed E-state index contributed by atoms with van der Waals surface area (Å²) in [5, 5.41) is 0. The number of rotatable bonds is 1. The maximum Gasteiger partial charge on any atom is 2.00 e. The predicted molar refractivity (Wildman–Crippen MR) is 161 cm³/mol. The minimum absolute atomic E-state index is 0. The van der Waals surface area contributed by atoms with Gasteiger partial charge < -0.3 is 5.73 Å². The molecule has 5 aliphatic carbocycles. The molecule has 1 radical (unpaired) electrons. The number of hydrogen-bond donors (Lipinski definition) is 0.